The van der Waals surface area contributed by atoms with Crippen molar-refractivity contribution in [3.63, 3.8) is 0 Å². The Hall–Kier alpha value is -1.91. The average Bonchev–Trinajstić information content (AvgIpc) is 2.36. The fraction of sp³-hybridized carbons (Fsp3) is 0.500. The number of carbonyl (C=O) groups excluding carboxylic acids is 1. The van der Waals surface area contributed by atoms with Gasteiger partial charge in [0.15, 0.2) is 6.61 Å². The predicted molar refractivity (Wildman–Crippen MR) is 77.5 cm³/mol. The van der Waals surface area contributed by atoms with Crippen molar-refractivity contribution in [1.82, 2.24) is 0 Å². The Bertz CT molecular complexity index is 486. The van der Waals surface area contributed by atoms with E-state index in [0.29, 0.717) is 29.0 Å². The van der Waals surface area contributed by atoms with Crippen molar-refractivity contribution in [2.45, 2.75) is 20.8 Å². The highest BCUT2D eigenvalue weighted by atomic mass is 16.5. The first-order chi connectivity index (χ1) is 8.97. The molecule has 1 aromatic rings. The summed E-state index contributed by atoms with van der Waals surface area (Å²) in [5.41, 5.74) is 8.12. The van der Waals surface area contributed by atoms with Crippen LogP contribution in [-0.4, -0.2) is 19.1 Å². The minimum absolute atomic E-state index is 0.0452. The lowest BCUT2D eigenvalue weighted by molar-refractivity contribution is -0.118. The summed E-state index contributed by atoms with van der Waals surface area (Å²) in [7, 11) is 0. The highest BCUT2D eigenvalue weighted by molar-refractivity contribution is 5.97. The van der Waals surface area contributed by atoms with Crippen molar-refractivity contribution in [3.05, 3.63) is 12.1 Å². The molecule has 0 saturated carbocycles. The number of rotatable bonds is 4. The first-order valence-corrected chi connectivity index (χ1v) is 6.57. The van der Waals surface area contributed by atoms with Gasteiger partial charge < -0.3 is 21.1 Å². The van der Waals surface area contributed by atoms with Gasteiger partial charge in [-0.1, -0.05) is 20.8 Å². The Morgan fingerprint density at radius 1 is 1.42 bits per heavy atom. The van der Waals surface area contributed by atoms with Crippen molar-refractivity contribution >= 4 is 23.0 Å². The summed E-state index contributed by atoms with van der Waals surface area (Å²) in [5, 5.41) is 6.11. The number of benzene rings is 1. The molecule has 19 heavy (non-hydrogen) atoms. The Balaban J connectivity index is 2.13. The molecule has 1 heterocycles. The largest absolute Gasteiger partial charge is 0.482 e. The maximum absolute atomic E-state index is 11.3. The number of fused-ring (bicyclic) bond motifs is 1. The van der Waals surface area contributed by atoms with Crippen molar-refractivity contribution < 1.29 is 9.53 Å². The van der Waals surface area contributed by atoms with E-state index in [4.69, 9.17) is 10.5 Å². The number of nitrogens with two attached hydrogens (primary N) is 1. The molecular weight excluding hydrogens is 242 g/mol. The molecule has 0 aliphatic carbocycles. The van der Waals surface area contributed by atoms with E-state index in [1.54, 1.807) is 6.07 Å². The second-order valence-corrected chi connectivity index (χ2v) is 5.37. The maximum Gasteiger partial charge on any atom is 0.262 e. The quantitative estimate of drug-likeness (QED) is 0.728. The zero-order valence-electron chi connectivity index (χ0n) is 11.6. The molecule has 0 radical (unpaired) electrons. The van der Waals surface area contributed by atoms with Crippen molar-refractivity contribution in [3.8, 4) is 5.75 Å². The number of nitrogens with one attached hydrogen (secondary N) is 2. The molecule has 2 rings (SSSR count). The van der Waals surface area contributed by atoms with Crippen LogP contribution in [0.1, 0.15) is 20.8 Å². The van der Waals surface area contributed by atoms with Crippen LogP contribution in [0, 0.1) is 11.8 Å². The highest BCUT2D eigenvalue weighted by Gasteiger charge is 2.18. The van der Waals surface area contributed by atoms with Gasteiger partial charge in [-0.15, -0.1) is 0 Å². The van der Waals surface area contributed by atoms with Crippen LogP contribution in [0.2, 0.25) is 0 Å². The Morgan fingerprint density at radius 3 is 2.84 bits per heavy atom. The minimum Gasteiger partial charge on any atom is -0.482 e. The number of amides is 1. The van der Waals surface area contributed by atoms with Gasteiger partial charge in [0.05, 0.1) is 17.1 Å². The van der Waals surface area contributed by atoms with Crippen LogP contribution in [0.15, 0.2) is 12.1 Å². The van der Waals surface area contributed by atoms with Gasteiger partial charge >= 0.3 is 0 Å². The summed E-state index contributed by atoms with van der Waals surface area (Å²) in [6, 6.07) is 3.58. The van der Waals surface area contributed by atoms with E-state index in [2.05, 4.69) is 31.4 Å². The van der Waals surface area contributed by atoms with Gasteiger partial charge in [0.25, 0.3) is 5.91 Å². The van der Waals surface area contributed by atoms with Gasteiger partial charge in [0.1, 0.15) is 5.75 Å². The Morgan fingerprint density at radius 2 is 2.16 bits per heavy atom. The summed E-state index contributed by atoms with van der Waals surface area (Å²) < 4.78 is 5.32. The van der Waals surface area contributed by atoms with Crippen LogP contribution in [0.4, 0.5) is 17.1 Å². The fourth-order valence-corrected chi connectivity index (χ4v) is 1.80. The minimum atomic E-state index is -0.140. The van der Waals surface area contributed by atoms with E-state index in [-0.39, 0.29) is 12.5 Å². The van der Waals surface area contributed by atoms with Gasteiger partial charge in [0.2, 0.25) is 0 Å². The smallest absolute Gasteiger partial charge is 0.262 e. The summed E-state index contributed by atoms with van der Waals surface area (Å²) in [6.07, 6.45) is 0. The number of hydrogen-bond acceptors (Lipinski definition) is 4. The molecule has 0 spiro atoms. The zero-order chi connectivity index (χ0) is 14.0. The molecule has 5 heteroatoms. The molecule has 1 aliphatic rings. The molecule has 0 saturated heterocycles. The summed E-state index contributed by atoms with van der Waals surface area (Å²) >= 11 is 0. The number of nitrogen functional groups attached to an aromatic ring is 1. The SMILES string of the molecule is CC(C)C(C)CNc1cc2c(cc1N)OCC(=O)N2. The number of carbonyl (C=O) groups is 1. The zero-order valence-corrected chi connectivity index (χ0v) is 11.6. The first kappa shape index (κ1) is 13.5. The van der Waals surface area contributed by atoms with Gasteiger partial charge in [0, 0.05) is 12.6 Å². The van der Waals surface area contributed by atoms with Crippen LogP contribution in [0.25, 0.3) is 0 Å². The lowest BCUT2D eigenvalue weighted by Gasteiger charge is -2.22. The van der Waals surface area contributed by atoms with Crippen LogP contribution in [0.5, 0.6) is 5.75 Å². The van der Waals surface area contributed by atoms with E-state index in [9.17, 15) is 4.79 Å². The fourth-order valence-electron chi connectivity index (χ4n) is 1.80. The molecule has 1 atom stereocenters. The third kappa shape index (κ3) is 3.10. The number of anilines is 3. The average molecular weight is 263 g/mol. The third-order valence-corrected chi connectivity index (χ3v) is 3.54. The van der Waals surface area contributed by atoms with Gasteiger partial charge in [-0.05, 0) is 17.9 Å². The molecule has 104 valence electrons. The molecule has 1 aliphatic heterocycles. The highest BCUT2D eigenvalue weighted by Crippen LogP contribution is 2.35. The van der Waals surface area contributed by atoms with Gasteiger partial charge in [-0.25, -0.2) is 0 Å². The van der Waals surface area contributed by atoms with Gasteiger partial charge in [-0.3, -0.25) is 4.79 Å². The first-order valence-electron chi connectivity index (χ1n) is 6.57. The topological polar surface area (TPSA) is 76.4 Å². The Labute approximate surface area is 113 Å². The number of hydrogen-bond donors (Lipinski definition) is 3. The van der Waals surface area contributed by atoms with Crippen molar-refractivity contribution in [2.75, 3.05) is 29.5 Å². The van der Waals surface area contributed by atoms with E-state index < -0.39 is 0 Å². The third-order valence-electron chi connectivity index (χ3n) is 3.54. The van der Waals surface area contributed by atoms with E-state index in [1.807, 2.05) is 6.07 Å². The van der Waals surface area contributed by atoms with Crippen LogP contribution in [0.3, 0.4) is 0 Å². The van der Waals surface area contributed by atoms with Crippen molar-refractivity contribution in [2.24, 2.45) is 11.8 Å². The summed E-state index contributed by atoms with van der Waals surface area (Å²) in [6.45, 7) is 7.46. The van der Waals surface area contributed by atoms with E-state index >= 15 is 0 Å². The standard InChI is InChI=1S/C14H21N3O2/c1-8(2)9(3)6-16-11-5-12-13(4-10(11)15)19-7-14(18)17-12/h4-5,8-9,16H,6-7,15H2,1-3H3,(H,17,18). The lowest BCUT2D eigenvalue weighted by atomic mass is 9.98. The van der Waals surface area contributed by atoms with Gasteiger partial charge in [-0.2, -0.15) is 0 Å². The molecule has 0 fully saturated rings. The Kier molecular flexibility index (Phi) is 3.83. The monoisotopic (exact) mass is 263 g/mol. The predicted octanol–water partition coefficient (Wildman–Crippen LogP) is 2.30. The second-order valence-electron chi connectivity index (χ2n) is 5.37. The number of ether oxygens (including phenoxy) is 1. The molecule has 1 unspecified atom stereocenters. The molecule has 4 N–H and O–H groups in total. The normalized spacial score (nSPS) is 15.5. The molecular formula is C14H21N3O2. The summed E-state index contributed by atoms with van der Waals surface area (Å²) in [5.74, 6) is 1.63. The summed E-state index contributed by atoms with van der Waals surface area (Å²) in [4.78, 5) is 11.3. The van der Waals surface area contributed by atoms with Crippen LogP contribution < -0.4 is 21.1 Å². The second kappa shape index (κ2) is 5.38. The van der Waals surface area contributed by atoms with Crippen LogP contribution in [-0.2, 0) is 4.79 Å². The molecule has 1 amide bonds. The maximum atomic E-state index is 11.3. The van der Waals surface area contributed by atoms with Crippen molar-refractivity contribution in [1.29, 1.82) is 0 Å². The van der Waals surface area contributed by atoms with E-state index in [0.717, 1.165) is 12.2 Å². The lowest BCUT2D eigenvalue weighted by Crippen LogP contribution is -2.25. The molecule has 0 aromatic heterocycles. The van der Waals surface area contributed by atoms with E-state index in [1.165, 1.54) is 0 Å². The molecule has 5 nitrogen and oxygen atoms in total. The van der Waals surface area contributed by atoms with Crippen LogP contribution >= 0.6 is 0 Å². The molecule has 0 bridgehead atoms. The molecule has 1 aromatic carbocycles.